The molecule has 1 aliphatic heterocycles. The van der Waals surface area contributed by atoms with Crippen LogP contribution in [0.1, 0.15) is 19.8 Å². The number of nitrogens with two attached hydrogens (primary N) is 1. The first-order valence-electron chi connectivity index (χ1n) is 4.25. The van der Waals surface area contributed by atoms with E-state index in [0.29, 0.717) is 18.9 Å². The summed E-state index contributed by atoms with van der Waals surface area (Å²) in [4.78, 5) is 13.1. The molecule has 1 heterocycles. The minimum absolute atomic E-state index is 0.280. The van der Waals surface area contributed by atoms with E-state index in [1.54, 1.807) is 0 Å². The lowest BCUT2D eigenvalue weighted by Crippen LogP contribution is -2.26. The average molecular weight is 156 g/mol. The molecular formula is C8H16N2O. The van der Waals surface area contributed by atoms with Gasteiger partial charge in [-0.15, -0.1) is 0 Å². The van der Waals surface area contributed by atoms with Gasteiger partial charge in [-0.2, -0.15) is 0 Å². The first-order chi connectivity index (χ1) is 5.27. The van der Waals surface area contributed by atoms with Crippen LogP contribution in [0.25, 0.3) is 0 Å². The summed E-state index contributed by atoms with van der Waals surface area (Å²) in [5.41, 5.74) is 5.48. The molecule has 0 aromatic rings. The average Bonchev–Trinajstić information content (AvgIpc) is 2.33. The Morgan fingerprint density at radius 2 is 2.45 bits per heavy atom. The van der Waals surface area contributed by atoms with E-state index in [1.807, 2.05) is 4.90 Å². The first-order valence-corrected chi connectivity index (χ1v) is 4.25. The highest BCUT2D eigenvalue weighted by atomic mass is 16.2. The molecule has 1 saturated heterocycles. The van der Waals surface area contributed by atoms with Gasteiger partial charge in [0.25, 0.3) is 0 Å². The Balaban J connectivity index is 2.38. The van der Waals surface area contributed by atoms with E-state index in [-0.39, 0.29) is 5.91 Å². The fraction of sp³-hybridized carbons (Fsp3) is 0.875. The molecule has 0 aromatic carbocycles. The van der Waals surface area contributed by atoms with Crippen LogP contribution in [0.3, 0.4) is 0 Å². The maximum absolute atomic E-state index is 11.2. The van der Waals surface area contributed by atoms with Gasteiger partial charge in [0.1, 0.15) is 0 Å². The van der Waals surface area contributed by atoms with Crippen LogP contribution in [0.5, 0.6) is 0 Å². The molecule has 0 bridgehead atoms. The topological polar surface area (TPSA) is 46.3 Å². The molecule has 0 unspecified atom stereocenters. The number of carbonyl (C=O) groups is 1. The maximum Gasteiger partial charge on any atom is 0.222 e. The fourth-order valence-corrected chi connectivity index (χ4v) is 1.50. The van der Waals surface area contributed by atoms with Crippen LogP contribution in [-0.2, 0) is 4.79 Å². The van der Waals surface area contributed by atoms with Gasteiger partial charge in [-0.25, -0.2) is 0 Å². The Kier molecular flexibility index (Phi) is 2.88. The van der Waals surface area contributed by atoms with E-state index in [9.17, 15) is 4.79 Å². The van der Waals surface area contributed by atoms with Crippen molar-refractivity contribution in [1.29, 1.82) is 0 Å². The lowest BCUT2D eigenvalue weighted by atomic mass is 10.1. The van der Waals surface area contributed by atoms with Gasteiger partial charge in [0.2, 0.25) is 5.91 Å². The molecule has 0 aliphatic carbocycles. The molecule has 0 spiro atoms. The molecule has 0 saturated carbocycles. The SMILES string of the molecule is CCCN1C[C@@H](CN)CC1=O. The van der Waals surface area contributed by atoms with Gasteiger partial charge >= 0.3 is 0 Å². The predicted molar refractivity (Wildman–Crippen MR) is 44.0 cm³/mol. The summed E-state index contributed by atoms with van der Waals surface area (Å²) in [6.45, 7) is 4.51. The molecule has 1 aliphatic rings. The van der Waals surface area contributed by atoms with Crippen molar-refractivity contribution in [1.82, 2.24) is 4.90 Å². The molecule has 1 atom stereocenters. The summed E-state index contributed by atoms with van der Waals surface area (Å²) in [7, 11) is 0. The van der Waals surface area contributed by atoms with Gasteiger partial charge in [-0.1, -0.05) is 6.92 Å². The molecule has 3 heteroatoms. The second kappa shape index (κ2) is 3.72. The monoisotopic (exact) mass is 156 g/mol. The summed E-state index contributed by atoms with van der Waals surface area (Å²) in [5.74, 6) is 0.691. The Morgan fingerprint density at radius 1 is 1.73 bits per heavy atom. The molecule has 1 fully saturated rings. The largest absolute Gasteiger partial charge is 0.342 e. The van der Waals surface area contributed by atoms with Gasteiger partial charge in [-0.05, 0) is 18.9 Å². The van der Waals surface area contributed by atoms with Gasteiger partial charge in [0.05, 0.1) is 0 Å². The zero-order valence-electron chi connectivity index (χ0n) is 7.05. The lowest BCUT2D eigenvalue weighted by molar-refractivity contribution is -0.127. The van der Waals surface area contributed by atoms with Crippen LogP contribution in [-0.4, -0.2) is 30.4 Å². The molecule has 3 nitrogen and oxygen atoms in total. The van der Waals surface area contributed by atoms with Crippen LogP contribution >= 0.6 is 0 Å². The van der Waals surface area contributed by atoms with Crippen LogP contribution < -0.4 is 5.73 Å². The lowest BCUT2D eigenvalue weighted by Gasteiger charge is -2.14. The maximum atomic E-state index is 11.2. The normalized spacial score (nSPS) is 24.7. The van der Waals surface area contributed by atoms with E-state index in [4.69, 9.17) is 5.73 Å². The highest BCUT2D eigenvalue weighted by Crippen LogP contribution is 2.16. The minimum Gasteiger partial charge on any atom is -0.342 e. The molecule has 0 radical (unpaired) electrons. The van der Waals surface area contributed by atoms with Crippen LogP contribution in [0, 0.1) is 5.92 Å². The zero-order chi connectivity index (χ0) is 8.27. The molecule has 1 rings (SSSR count). The van der Waals surface area contributed by atoms with Crippen LogP contribution in [0.15, 0.2) is 0 Å². The predicted octanol–water partition coefficient (Wildman–Crippen LogP) is 0.204. The summed E-state index contributed by atoms with van der Waals surface area (Å²) >= 11 is 0. The Morgan fingerprint density at radius 3 is 2.91 bits per heavy atom. The summed E-state index contributed by atoms with van der Waals surface area (Å²) < 4.78 is 0. The summed E-state index contributed by atoms with van der Waals surface area (Å²) in [6.07, 6.45) is 1.71. The minimum atomic E-state index is 0.280. The molecule has 2 N–H and O–H groups in total. The second-order valence-electron chi connectivity index (χ2n) is 3.15. The molecule has 0 aromatic heterocycles. The Bertz CT molecular complexity index is 147. The highest BCUT2D eigenvalue weighted by molar-refractivity contribution is 5.78. The third-order valence-corrected chi connectivity index (χ3v) is 2.12. The van der Waals surface area contributed by atoms with Gasteiger partial charge in [-0.3, -0.25) is 4.79 Å². The number of nitrogens with zero attached hydrogens (tertiary/aromatic N) is 1. The summed E-state index contributed by atoms with van der Waals surface area (Å²) in [6, 6.07) is 0. The van der Waals surface area contributed by atoms with E-state index in [1.165, 1.54) is 0 Å². The van der Waals surface area contributed by atoms with Crippen molar-refractivity contribution in [3.8, 4) is 0 Å². The van der Waals surface area contributed by atoms with E-state index in [2.05, 4.69) is 6.92 Å². The molecule has 64 valence electrons. The number of amides is 1. The Labute approximate surface area is 67.5 Å². The number of carbonyl (C=O) groups excluding carboxylic acids is 1. The molecule has 1 amide bonds. The zero-order valence-corrected chi connectivity index (χ0v) is 7.05. The van der Waals surface area contributed by atoms with Crippen LogP contribution in [0.4, 0.5) is 0 Å². The van der Waals surface area contributed by atoms with E-state index in [0.717, 1.165) is 19.5 Å². The van der Waals surface area contributed by atoms with Crippen molar-refractivity contribution in [3.05, 3.63) is 0 Å². The van der Waals surface area contributed by atoms with Gasteiger partial charge < -0.3 is 10.6 Å². The van der Waals surface area contributed by atoms with Crippen LogP contribution in [0.2, 0.25) is 0 Å². The van der Waals surface area contributed by atoms with E-state index >= 15 is 0 Å². The van der Waals surface area contributed by atoms with Crippen molar-refractivity contribution < 1.29 is 4.79 Å². The smallest absolute Gasteiger partial charge is 0.222 e. The highest BCUT2D eigenvalue weighted by Gasteiger charge is 2.27. The number of hydrogen-bond donors (Lipinski definition) is 1. The third kappa shape index (κ3) is 1.93. The van der Waals surface area contributed by atoms with E-state index < -0.39 is 0 Å². The second-order valence-corrected chi connectivity index (χ2v) is 3.15. The quantitative estimate of drug-likeness (QED) is 0.634. The van der Waals surface area contributed by atoms with Gasteiger partial charge in [0, 0.05) is 19.5 Å². The Hall–Kier alpha value is -0.570. The summed E-state index contributed by atoms with van der Waals surface area (Å²) in [5, 5.41) is 0. The van der Waals surface area contributed by atoms with Crippen molar-refractivity contribution in [2.24, 2.45) is 11.7 Å². The van der Waals surface area contributed by atoms with Crippen molar-refractivity contribution in [3.63, 3.8) is 0 Å². The fourth-order valence-electron chi connectivity index (χ4n) is 1.50. The third-order valence-electron chi connectivity index (χ3n) is 2.12. The van der Waals surface area contributed by atoms with Crippen molar-refractivity contribution in [2.75, 3.05) is 19.6 Å². The molecule has 11 heavy (non-hydrogen) atoms. The number of hydrogen-bond acceptors (Lipinski definition) is 2. The number of likely N-dealkylation sites (tertiary alicyclic amines) is 1. The van der Waals surface area contributed by atoms with Crippen molar-refractivity contribution >= 4 is 5.91 Å². The van der Waals surface area contributed by atoms with Gasteiger partial charge in [0.15, 0.2) is 0 Å². The van der Waals surface area contributed by atoms with Crippen molar-refractivity contribution in [2.45, 2.75) is 19.8 Å². The first kappa shape index (κ1) is 8.53. The number of rotatable bonds is 3. The standard InChI is InChI=1S/C8H16N2O/c1-2-3-10-6-7(5-9)4-8(10)11/h7H,2-6,9H2,1H3/t7-/m1/s1. The molecular weight excluding hydrogens is 140 g/mol.